The van der Waals surface area contributed by atoms with Crippen molar-refractivity contribution in [2.45, 2.75) is 13.8 Å². The minimum absolute atomic E-state index is 0.179. The third-order valence-electron chi connectivity index (χ3n) is 2.63. The number of carbonyl (C=O) groups excluding carboxylic acids is 1. The van der Waals surface area contributed by atoms with Crippen LogP contribution in [-0.2, 0) is 0 Å². The van der Waals surface area contributed by atoms with Gasteiger partial charge in [-0.25, -0.2) is 9.97 Å². The minimum Gasteiger partial charge on any atom is -0.477 e. The number of aliphatic hydroxyl groups is 1. The van der Waals surface area contributed by atoms with Crippen LogP contribution in [0.1, 0.15) is 24.2 Å². The van der Waals surface area contributed by atoms with Gasteiger partial charge >= 0.3 is 0 Å². The molecule has 6 nitrogen and oxygen atoms in total. The number of rotatable bonds is 6. The molecule has 0 aliphatic heterocycles. The molecule has 0 radical (unpaired) electrons. The summed E-state index contributed by atoms with van der Waals surface area (Å²) >= 11 is 0. The topological polar surface area (TPSA) is 88.1 Å². The number of carbonyl (C=O) groups is 1. The minimum atomic E-state index is -0.227. The number of allylic oxidation sites excluding steroid dienone is 1. The van der Waals surface area contributed by atoms with Gasteiger partial charge in [-0.2, -0.15) is 0 Å². The average Bonchev–Trinajstić information content (AvgIpc) is 2.87. The highest BCUT2D eigenvalue weighted by Crippen LogP contribution is 2.26. The van der Waals surface area contributed by atoms with E-state index in [9.17, 15) is 4.79 Å². The number of H-pyrrole nitrogens is 1. The standard InChI is InChI=1S/C14H17N3O3/c1-9(2)7-20-14-12-10(11(19)4-3-5-18)6-15-13(12)16-8-17-14/h3-4,6,8-9,18H,5,7H2,1-2H3,(H,15,16,17)/b4-3+. The molecule has 0 amide bonds. The van der Waals surface area contributed by atoms with Gasteiger partial charge in [0, 0.05) is 6.20 Å². The summed E-state index contributed by atoms with van der Waals surface area (Å²) in [5.74, 6) is 0.521. The van der Waals surface area contributed by atoms with E-state index in [0.29, 0.717) is 35.0 Å². The Morgan fingerprint density at radius 3 is 3.00 bits per heavy atom. The smallest absolute Gasteiger partial charge is 0.226 e. The SMILES string of the molecule is CC(C)COc1ncnc2[nH]cc(C(=O)/C=C/CO)c12. The van der Waals surface area contributed by atoms with Crippen LogP contribution in [0.25, 0.3) is 11.0 Å². The van der Waals surface area contributed by atoms with Crippen LogP contribution >= 0.6 is 0 Å². The second-order valence-corrected chi connectivity index (χ2v) is 4.76. The molecular formula is C14H17N3O3. The van der Waals surface area contributed by atoms with Gasteiger partial charge < -0.3 is 14.8 Å². The summed E-state index contributed by atoms with van der Waals surface area (Å²) in [6.45, 7) is 4.40. The van der Waals surface area contributed by atoms with Crippen molar-refractivity contribution < 1.29 is 14.6 Å². The molecule has 0 aliphatic carbocycles. The van der Waals surface area contributed by atoms with Crippen LogP contribution in [0.4, 0.5) is 0 Å². The van der Waals surface area contributed by atoms with Gasteiger partial charge in [-0.3, -0.25) is 4.79 Å². The Kier molecular flexibility index (Phi) is 4.47. The summed E-state index contributed by atoms with van der Waals surface area (Å²) in [4.78, 5) is 23.1. The zero-order chi connectivity index (χ0) is 14.5. The number of ether oxygens (including phenoxy) is 1. The highest BCUT2D eigenvalue weighted by Gasteiger charge is 2.16. The fourth-order valence-corrected chi connectivity index (χ4v) is 1.73. The predicted octanol–water partition coefficient (Wildman–Crippen LogP) is 1.72. The van der Waals surface area contributed by atoms with Gasteiger partial charge in [0.2, 0.25) is 5.88 Å². The molecule has 0 saturated heterocycles. The largest absolute Gasteiger partial charge is 0.477 e. The van der Waals surface area contributed by atoms with E-state index in [1.54, 1.807) is 6.20 Å². The summed E-state index contributed by atoms with van der Waals surface area (Å²) < 4.78 is 5.64. The molecule has 2 aromatic rings. The maximum absolute atomic E-state index is 12.0. The number of aromatic amines is 1. The van der Waals surface area contributed by atoms with Crippen molar-refractivity contribution in [2.75, 3.05) is 13.2 Å². The first-order chi connectivity index (χ1) is 9.63. The molecule has 0 unspecified atom stereocenters. The molecule has 0 bridgehead atoms. The molecule has 2 N–H and O–H groups in total. The van der Waals surface area contributed by atoms with Crippen LogP contribution in [0.15, 0.2) is 24.7 Å². The fourth-order valence-electron chi connectivity index (χ4n) is 1.73. The van der Waals surface area contributed by atoms with Gasteiger partial charge in [0.15, 0.2) is 5.78 Å². The highest BCUT2D eigenvalue weighted by molar-refractivity contribution is 6.13. The van der Waals surface area contributed by atoms with E-state index in [2.05, 4.69) is 15.0 Å². The molecule has 0 spiro atoms. The Balaban J connectivity index is 2.41. The molecule has 0 saturated carbocycles. The molecule has 2 heterocycles. The van der Waals surface area contributed by atoms with Gasteiger partial charge in [0.25, 0.3) is 0 Å². The summed E-state index contributed by atoms with van der Waals surface area (Å²) in [5, 5.41) is 9.30. The van der Waals surface area contributed by atoms with E-state index < -0.39 is 0 Å². The van der Waals surface area contributed by atoms with Crippen molar-refractivity contribution in [3.05, 3.63) is 30.2 Å². The second-order valence-electron chi connectivity index (χ2n) is 4.76. The number of hydrogen-bond donors (Lipinski definition) is 2. The second kappa shape index (κ2) is 6.29. The van der Waals surface area contributed by atoms with Gasteiger partial charge in [-0.1, -0.05) is 19.9 Å². The number of nitrogens with zero attached hydrogens (tertiary/aromatic N) is 2. The molecule has 106 valence electrons. The van der Waals surface area contributed by atoms with E-state index in [1.807, 2.05) is 13.8 Å². The molecule has 6 heteroatoms. The van der Waals surface area contributed by atoms with Gasteiger partial charge in [0.1, 0.15) is 12.0 Å². The summed E-state index contributed by atoms with van der Waals surface area (Å²) in [7, 11) is 0. The molecule has 2 aromatic heterocycles. The van der Waals surface area contributed by atoms with Crippen molar-refractivity contribution in [1.29, 1.82) is 0 Å². The molecule has 20 heavy (non-hydrogen) atoms. The number of fused-ring (bicyclic) bond motifs is 1. The van der Waals surface area contributed by atoms with Crippen LogP contribution in [0.5, 0.6) is 5.88 Å². The lowest BCUT2D eigenvalue weighted by Gasteiger charge is -2.08. The van der Waals surface area contributed by atoms with Gasteiger partial charge in [-0.15, -0.1) is 0 Å². The van der Waals surface area contributed by atoms with E-state index in [0.717, 1.165) is 0 Å². The van der Waals surface area contributed by atoms with Crippen LogP contribution in [-0.4, -0.2) is 39.1 Å². The maximum Gasteiger partial charge on any atom is 0.226 e. The first kappa shape index (κ1) is 14.2. The zero-order valence-corrected chi connectivity index (χ0v) is 11.5. The third kappa shape index (κ3) is 3.03. The average molecular weight is 275 g/mol. The van der Waals surface area contributed by atoms with Crippen LogP contribution in [0.3, 0.4) is 0 Å². The van der Waals surface area contributed by atoms with E-state index in [-0.39, 0.29) is 12.4 Å². The van der Waals surface area contributed by atoms with Crippen molar-refractivity contribution >= 4 is 16.8 Å². The quantitative estimate of drug-likeness (QED) is 0.619. The van der Waals surface area contributed by atoms with Crippen LogP contribution < -0.4 is 4.74 Å². The van der Waals surface area contributed by atoms with Gasteiger partial charge in [0.05, 0.1) is 24.2 Å². The van der Waals surface area contributed by atoms with Crippen molar-refractivity contribution in [3.8, 4) is 5.88 Å². The lowest BCUT2D eigenvalue weighted by molar-refractivity contribution is 0.104. The molecule has 0 aromatic carbocycles. The number of nitrogens with one attached hydrogen (secondary N) is 1. The van der Waals surface area contributed by atoms with Crippen LogP contribution in [0, 0.1) is 5.92 Å². The predicted molar refractivity (Wildman–Crippen MR) is 74.8 cm³/mol. The lowest BCUT2D eigenvalue weighted by atomic mass is 10.1. The summed E-state index contributed by atoms with van der Waals surface area (Å²) in [6, 6.07) is 0. The Morgan fingerprint density at radius 1 is 1.50 bits per heavy atom. The fraction of sp³-hybridized carbons (Fsp3) is 0.357. The lowest BCUT2D eigenvalue weighted by Crippen LogP contribution is -2.07. The molecular weight excluding hydrogens is 258 g/mol. The third-order valence-corrected chi connectivity index (χ3v) is 2.63. The maximum atomic E-state index is 12.0. The van der Waals surface area contributed by atoms with Crippen molar-refractivity contribution in [3.63, 3.8) is 0 Å². The van der Waals surface area contributed by atoms with E-state index in [4.69, 9.17) is 9.84 Å². The Labute approximate surface area is 116 Å². The highest BCUT2D eigenvalue weighted by atomic mass is 16.5. The van der Waals surface area contributed by atoms with Crippen molar-refractivity contribution in [2.24, 2.45) is 5.92 Å². The Bertz CT molecular complexity index is 632. The summed E-state index contributed by atoms with van der Waals surface area (Å²) in [6.07, 6.45) is 5.68. The normalized spacial score (nSPS) is 11.6. The Morgan fingerprint density at radius 2 is 2.30 bits per heavy atom. The van der Waals surface area contributed by atoms with E-state index >= 15 is 0 Å². The van der Waals surface area contributed by atoms with E-state index in [1.165, 1.54) is 18.5 Å². The van der Waals surface area contributed by atoms with Crippen LogP contribution in [0.2, 0.25) is 0 Å². The number of aromatic nitrogens is 3. The molecule has 0 fully saturated rings. The monoisotopic (exact) mass is 275 g/mol. The number of aliphatic hydroxyl groups excluding tert-OH is 1. The molecule has 0 aliphatic rings. The zero-order valence-electron chi connectivity index (χ0n) is 11.5. The van der Waals surface area contributed by atoms with Crippen molar-refractivity contribution in [1.82, 2.24) is 15.0 Å². The number of hydrogen-bond acceptors (Lipinski definition) is 5. The first-order valence-corrected chi connectivity index (χ1v) is 6.40. The number of ketones is 1. The Hall–Kier alpha value is -2.21. The molecule has 2 rings (SSSR count). The first-order valence-electron chi connectivity index (χ1n) is 6.40. The molecule has 0 atom stereocenters. The summed E-state index contributed by atoms with van der Waals surface area (Å²) in [5.41, 5.74) is 0.989. The van der Waals surface area contributed by atoms with Gasteiger partial charge in [-0.05, 0) is 12.0 Å².